The van der Waals surface area contributed by atoms with Crippen LogP contribution in [0.15, 0.2) is 6.33 Å². The highest BCUT2D eigenvalue weighted by atomic mass is 16.5. The van der Waals surface area contributed by atoms with Crippen molar-refractivity contribution in [2.24, 2.45) is 0 Å². The summed E-state index contributed by atoms with van der Waals surface area (Å²) in [6, 6.07) is 0. The van der Waals surface area contributed by atoms with Crippen molar-refractivity contribution in [2.45, 2.75) is 32.4 Å². The molecular formula is C10H18N4O2. The molecule has 4 N–H and O–H groups in total. The van der Waals surface area contributed by atoms with Gasteiger partial charge >= 0.3 is 0 Å². The molecule has 0 aromatic carbocycles. The molecule has 0 amide bonds. The lowest BCUT2D eigenvalue weighted by molar-refractivity contribution is 0.133. The molecule has 0 aliphatic heterocycles. The second-order valence-corrected chi connectivity index (χ2v) is 4.17. The Balaban J connectivity index is 2.98. The first-order chi connectivity index (χ1) is 7.38. The van der Waals surface area contributed by atoms with Crippen LogP contribution in [0.4, 0.5) is 11.5 Å². The molecular weight excluding hydrogens is 208 g/mol. The molecule has 6 heteroatoms. The fourth-order valence-corrected chi connectivity index (χ4v) is 1.05. The van der Waals surface area contributed by atoms with Gasteiger partial charge in [-0.2, -0.15) is 4.98 Å². The Hall–Kier alpha value is -1.56. The van der Waals surface area contributed by atoms with E-state index in [9.17, 15) is 5.11 Å². The molecule has 6 nitrogen and oxygen atoms in total. The molecule has 90 valence electrons. The van der Waals surface area contributed by atoms with Crippen molar-refractivity contribution in [1.29, 1.82) is 0 Å². The summed E-state index contributed by atoms with van der Waals surface area (Å²) in [6.07, 6.45) is 0.809. The van der Waals surface area contributed by atoms with Gasteiger partial charge in [-0.05, 0) is 20.8 Å². The summed E-state index contributed by atoms with van der Waals surface area (Å²) in [4.78, 5) is 7.89. The van der Waals surface area contributed by atoms with Crippen molar-refractivity contribution in [3.8, 4) is 5.88 Å². The van der Waals surface area contributed by atoms with E-state index in [4.69, 9.17) is 10.5 Å². The number of anilines is 2. The maximum atomic E-state index is 9.58. The first-order valence-corrected chi connectivity index (χ1v) is 4.99. The molecule has 0 bridgehead atoms. The average Bonchev–Trinajstić information content (AvgIpc) is 2.20. The number of nitrogens with two attached hydrogens (primary N) is 1. The monoisotopic (exact) mass is 226 g/mol. The zero-order valence-electron chi connectivity index (χ0n) is 9.98. The van der Waals surface area contributed by atoms with Crippen LogP contribution < -0.4 is 15.8 Å². The van der Waals surface area contributed by atoms with Crippen LogP contribution in [0.2, 0.25) is 0 Å². The van der Waals surface area contributed by atoms with Gasteiger partial charge in [0.05, 0.1) is 18.8 Å². The fraction of sp³-hybridized carbons (Fsp3) is 0.600. The van der Waals surface area contributed by atoms with E-state index in [0.717, 1.165) is 0 Å². The van der Waals surface area contributed by atoms with E-state index in [0.29, 0.717) is 17.4 Å². The van der Waals surface area contributed by atoms with Gasteiger partial charge in [-0.15, -0.1) is 0 Å². The van der Waals surface area contributed by atoms with Crippen LogP contribution in [0, 0.1) is 0 Å². The van der Waals surface area contributed by atoms with Gasteiger partial charge in [-0.3, -0.25) is 0 Å². The van der Waals surface area contributed by atoms with Crippen molar-refractivity contribution in [3.05, 3.63) is 6.33 Å². The lowest BCUT2D eigenvalue weighted by atomic mass is 9.99. The Morgan fingerprint density at radius 3 is 2.62 bits per heavy atom. The topological polar surface area (TPSA) is 93.3 Å². The Morgan fingerprint density at radius 1 is 1.50 bits per heavy atom. The second-order valence-electron chi connectivity index (χ2n) is 4.17. The van der Waals surface area contributed by atoms with E-state index >= 15 is 0 Å². The number of rotatable bonds is 4. The van der Waals surface area contributed by atoms with E-state index in [1.165, 1.54) is 13.4 Å². The number of nitrogen functional groups attached to an aromatic ring is 1. The first kappa shape index (κ1) is 12.5. The largest absolute Gasteiger partial charge is 0.479 e. The molecule has 1 atom stereocenters. The van der Waals surface area contributed by atoms with Crippen molar-refractivity contribution >= 4 is 11.5 Å². The summed E-state index contributed by atoms with van der Waals surface area (Å²) in [6.45, 7) is 5.40. The number of hydrogen-bond donors (Lipinski definition) is 3. The molecule has 0 spiro atoms. The average molecular weight is 226 g/mol. The van der Waals surface area contributed by atoms with Crippen LogP contribution in [0.25, 0.3) is 0 Å². The van der Waals surface area contributed by atoms with Crippen LogP contribution >= 0.6 is 0 Å². The third-order valence-corrected chi connectivity index (χ3v) is 2.53. The molecule has 0 aliphatic rings. The number of methoxy groups -OCH3 is 1. The third-order valence-electron chi connectivity index (χ3n) is 2.53. The molecule has 1 aromatic rings. The zero-order chi connectivity index (χ0) is 12.3. The molecule has 1 unspecified atom stereocenters. The van der Waals surface area contributed by atoms with Gasteiger partial charge in [0.15, 0.2) is 5.82 Å². The van der Waals surface area contributed by atoms with Gasteiger partial charge in [-0.25, -0.2) is 4.98 Å². The smallest absolute Gasteiger partial charge is 0.242 e. The summed E-state index contributed by atoms with van der Waals surface area (Å²) < 4.78 is 4.98. The number of nitrogens with one attached hydrogen (secondary N) is 1. The minimum atomic E-state index is -0.548. The van der Waals surface area contributed by atoms with E-state index in [1.807, 2.05) is 13.8 Å². The van der Waals surface area contributed by atoms with Crippen molar-refractivity contribution in [3.63, 3.8) is 0 Å². The van der Waals surface area contributed by atoms with Gasteiger partial charge in [-0.1, -0.05) is 0 Å². The molecule has 1 rings (SSSR count). The molecule has 0 saturated carbocycles. The van der Waals surface area contributed by atoms with Crippen molar-refractivity contribution < 1.29 is 9.84 Å². The minimum Gasteiger partial charge on any atom is -0.479 e. The first-order valence-electron chi connectivity index (χ1n) is 4.99. The highest BCUT2D eigenvalue weighted by Gasteiger charge is 2.25. The summed E-state index contributed by atoms with van der Waals surface area (Å²) in [7, 11) is 1.49. The number of nitrogens with zero attached hydrogens (tertiary/aromatic N) is 2. The highest BCUT2D eigenvalue weighted by Crippen LogP contribution is 2.27. The molecule has 1 aromatic heterocycles. The van der Waals surface area contributed by atoms with Crippen LogP contribution in [0.5, 0.6) is 5.88 Å². The molecule has 0 fully saturated rings. The second kappa shape index (κ2) is 4.52. The molecule has 0 radical (unpaired) electrons. The summed E-state index contributed by atoms with van der Waals surface area (Å²) in [5.41, 5.74) is 5.60. The molecule has 1 heterocycles. The van der Waals surface area contributed by atoms with Crippen molar-refractivity contribution in [2.75, 3.05) is 18.2 Å². The Bertz CT molecular complexity index is 366. The van der Waals surface area contributed by atoms with Crippen LogP contribution in [-0.2, 0) is 0 Å². The van der Waals surface area contributed by atoms with Crippen LogP contribution in [0.3, 0.4) is 0 Å². The van der Waals surface area contributed by atoms with Gasteiger partial charge in [0.1, 0.15) is 12.0 Å². The minimum absolute atomic E-state index is 0.318. The summed E-state index contributed by atoms with van der Waals surface area (Å²) >= 11 is 0. The predicted molar refractivity (Wildman–Crippen MR) is 62.4 cm³/mol. The number of aromatic nitrogens is 2. The number of aliphatic hydroxyl groups is 1. The normalized spacial score (nSPS) is 13.3. The Labute approximate surface area is 94.9 Å². The molecule has 0 saturated heterocycles. The van der Waals surface area contributed by atoms with E-state index in [2.05, 4.69) is 15.3 Å². The van der Waals surface area contributed by atoms with Gasteiger partial charge in [0.25, 0.3) is 0 Å². The highest BCUT2D eigenvalue weighted by molar-refractivity contribution is 5.67. The predicted octanol–water partition coefficient (Wildman–Crippen LogP) is 0.639. The van der Waals surface area contributed by atoms with E-state index in [-0.39, 0.29) is 0 Å². The SMILES string of the molecule is COc1ncnc(NC(C)(C)C(C)O)c1N. The molecule has 16 heavy (non-hydrogen) atoms. The quantitative estimate of drug-likeness (QED) is 0.697. The standard InChI is InChI=1S/C10H18N4O2/c1-6(15)10(2,3)14-8-7(11)9(16-4)13-5-12-8/h5-6,15H,11H2,1-4H3,(H,12,13,14). The Kier molecular flexibility index (Phi) is 3.54. The lowest BCUT2D eigenvalue weighted by Gasteiger charge is -2.30. The van der Waals surface area contributed by atoms with Crippen LogP contribution in [0.1, 0.15) is 20.8 Å². The lowest BCUT2D eigenvalue weighted by Crippen LogP contribution is -2.42. The number of hydrogen-bond acceptors (Lipinski definition) is 6. The number of aliphatic hydroxyl groups excluding tert-OH is 1. The number of ether oxygens (including phenoxy) is 1. The maximum absolute atomic E-state index is 9.58. The Morgan fingerprint density at radius 2 is 2.12 bits per heavy atom. The van der Waals surface area contributed by atoms with Crippen LogP contribution in [-0.4, -0.2) is 33.8 Å². The molecule has 0 aliphatic carbocycles. The maximum Gasteiger partial charge on any atom is 0.242 e. The summed E-state index contributed by atoms with van der Waals surface area (Å²) in [5.74, 6) is 0.775. The van der Waals surface area contributed by atoms with E-state index in [1.54, 1.807) is 6.92 Å². The van der Waals surface area contributed by atoms with Crippen molar-refractivity contribution in [1.82, 2.24) is 9.97 Å². The van der Waals surface area contributed by atoms with Gasteiger partial charge in [0, 0.05) is 0 Å². The van der Waals surface area contributed by atoms with Gasteiger partial charge in [0.2, 0.25) is 5.88 Å². The third kappa shape index (κ3) is 2.52. The van der Waals surface area contributed by atoms with E-state index < -0.39 is 11.6 Å². The fourth-order valence-electron chi connectivity index (χ4n) is 1.05. The summed E-state index contributed by atoms with van der Waals surface area (Å²) in [5, 5.41) is 12.6. The zero-order valence-corrected chi connectivity index (χ0v) is 9.98. The van der Waals surface area contributed by atoms with Gasteiger partial charge < -0.3 is 20.9 Å².